The largest absolute Gasteiger partial charge is 0.395 e. The molecule has 2 N–H and O–H groups in total. The van der Waals surface area contributed by atoms with Gasteiger partial charge in [0.2, 0.25) is 0 Å². The van der Waals surface area contributed by atoms with Crippen LogP contribution in [0.2, 0.25) is 0 Å². The normalized spacial score (nSPS) is 10.4. The highest BCUT2D eigenvalue weighted by Gasteiger charge is 2.07. The van der Waals surface area contributed by atoms with Gasteiger partial charge in [-0.15, -0.1) is 0 Å². The minimum atomic E-state index is -0.251. The Hall–Kier alpha value is -1.13. The first-order valence-corrected chi connectivity index (χ1v) is 4.94. The standard InChI is InChI=1S/C11H17FN2O/c1-13-8-9-3-4-11(10(12)7-9)14(2)5-6-15/h3-4,7,13,15H,5-6,8H2,1-2H3. The average molecular weight is 212 g/mol. The number of halogens is 1. The number of hydrogen-bond acceptors (Lipinski definition) is 3. The van der Waals surface area contributed by atoms with Gasteiger partial charge in [-0.25, -0.2) is 4.39 Å². The zero-order valence-electron chi connectivity index (χ0n) is 9.13. The van der Waals surface area contributed by atoms with Gasteiger partial charge in [0.25, 0.3) is 0 Å². The van der Waals surface area contributed by atoms with Crippen molar-refractivity contribution in [3.05, 3.63) is 29.6 Å². The summed E-state index contributed by atoms with van der Waals surface area (Å²) in [7, 11) is 3.58. The van der Waals surface area contributed by atoms with Gasteiger partial charge >= 0.3 is 0 Å². The summed E-state index contributed by atoms with van der Waals surface area (Å²) < 4.78 is 13.6. The minimum absolute atomic E-state index is 0.0220. The van der Waals surface area contributed by atoms with Crippen LogP contribution in [0.15, 0.2) is 18.2 Å². The second-order valence-corrected chi connectivity index (χ2v) is 3.46. The quantitative estimate of drug-likeness (QED) is 0.763. The third-order valence-corrected chi connectivity index (χ3v) is 2.24. The topological polar surface area (TPSA) is 35.5 Å². The molecule has 0 atom stereocenters. The Labute approximate surface area is 89.5 Å². The van der Waals surface area contributed by atoms with Crippen LogP contribution < -0.4 is 10.2 Å². The Morgan fingerprint density at radius 2 is 2.20 bits per heavy atom. The van der Waals surface area contributed by atoms with E-state index in [0.29, 0.717) is 18.8 Å². The number of anilines is 1. The van der Waals surface area contributed by atoms with Gasteiger partial charge in [0, 0.05) is 20.1 Å². The maximum atomic E-state index is 13.6. The molecule has 0 bridgehead atoms. The molecule has 0 radical (unpaired) electrons. The summed E-state index contributed by atoms with van der Waals surface area (Å²) in [6.45, 7) is 1.11. The Morgan fingerprint density at radius 1 is 1.47 bits per heavy atom. The summed E-state index contributed by atoms with van der Waals surface area (Å²) >= 11 is 0. The van der Waals surface area contributed by atoms with E-state index < -0.39 is 0 Å². The smallest absolute Gasteiger partial charge is 0.146 e. The molecule has 0 aromatic heterocycles. The molecule has 1 aromatic carbocycles. The molecule has 15 heavy (non-hydrogen) atoms. The van der Waals surface area contributed by atoms with Crippen LogP contribution >= 0.6 is 0 Å². The average Bonchev–Trinajstić information content (AvgIpc) is 2.18. The maximum absolute atomic E-state index is 13.6. The lowest BCUT2D eigenvalue weighted by Gasteiger charge is -2.19. The van der Waals surface area contributed by atoms with Gasteiger partial charge in [-0.3, -0.25) is 0 Å². The molecule has 0 saturated heterocycles. The Kier molecular flexibility index (Phi) is 4.52. The number of nitrogens with one attached hydrogen (secondary N) is 1. The van der Waals surface area contributed by atoms with Crippen LogP contribution in [0, 0.1) is 5.82 Å². The second kappa shape index (κ2) is 5.68. The predicted molar refractivity (Wildman–Crippen MR) is 59.5 cm³/mol. The zero-order valence-corrected chi connectivity index (χ0v) is 9.13. The second-order valence-electron chi connectivity index (χ2n) is 3.46. The third-order valence-electron chi connectivity index (χ3n) is 2.24. The van der Waals surface area contributed by atoms with E-state index in [1.165, 1.54) is 6.07 Å². The Bertz CT molecular complexity index is 317. The first kappa shape index (κ1) is 11.9. The van der Waals surface area contributed by atoms with Crippen molar-refractivity contribution >= 4 is 5.69 Å². The summed E-state index contributed by atoms with van der Waals surface area (Å²) in [4.78, 5) is 1.69. The molecule has 4 heteroatoms. The van der Waals surface area contributed by atoms with Crippen molar-refractivity contribution in [2.45, 2.75) is 6.54 Å². The maximum Gasteiger partial charge on any atom is 0.146 e. The summed E-state index contributed by atoms with van der Waals surface area (Å²) in [6, 6.07) is 5.13. The molecule has 0 saturated carbocycles. The van der Waals surface area contributed by atoms with Crippen molar-refractivity contribution in [2.24, 2.45) is 0 Å². The first-order valence-electron chi connectivity index (χ1n) is 4.94. The van der Waals surface area contributed by atoms with Crippen LogP contribution in [-0.2, 0) is 6.54 Å². The molecule has 0 amide bonds. The fraction of sp³-hybridized carbons (Fsp3) is 0.455. The van der Waals surface area contributed by atoms with Crippen LogP contribution in [0.4, 0.5) is 10.1 Å². The lowest BCUT2D eigenvalue weighted by molar-refractivity contribution is 0.304. The molecule has 1 rings (SSSR count). The lowest BCUT2D eigenvalue weighted by atomic mass is 10.2. The van der Waals surface area contributed by atoms with E-state index in [1.54, 1.807) is 18.0 Å². The summed E-state index contributed by atoms with van der Waals surface area (Å²) in [5.41, 5.74) is 1.43. The van der Waals surface area contributed by atoms with Crippen molar-refractivity contribution in [3.8, 4) is 0 Å². The summed E-state index contributed by atoms with van der Waals surface area (Å²) in [5, 5.41) is 11.7. The molecule has 0 spiro atoms. The third kappa shape index (κ3) is 3.18. The minimum Gasteiger partial charge on any atom is -0.395 e. The van der Waals surface area contributed by atoms with Gasteiger partial charge in [0.1, 0.15) is 5.82 Å². The van der Waals surface area contributed by atoms with Crippen molar-refractivity contribution in [1.82, 2.24) is 5.32 Å². The summed E-state index contributed by atoms with van der Waals surface area (Å²) in [6.07, 6.45) is 0. The molecule has 0 heterocycles. The van der Waals surface area contributed by atoms with Gasteiger partial charge in [-0.1, -0.05) is 6.07 Å². The van der Waals surface area contributed by atoms with E-state index in [-0.39, 0.29) is 12.4 Å². The molecule has 1 aromatic rings. The van der Waals surface area contributed by atoms with E-state index in [0.717, 1.165) is 5.56 Å². The number of rotatable bonds is 5. The lowest BCUT2D eigenvalue weighted by Crippen LogP contribution is -2.22. The zero-order chi connectivity index (χ0) is 11.3. The predicted octanol–water partition coefficient (Wildman–Crippen LogP) is 0.974. The molecule has 0 aliphatic rings. The van der Waals surface area contributed by atoms with Crippen LogP contribution in [0.3, 0.4) is 0 Å². The molecule has 0 unspecified atom stereocenters. The first-order chi connectivity index (χ1) is 7.19. The van der Waals surface area contributed by atoms with Crippen molar-refractivity contribution in [1.29, 1.82) is 0 Å². The van der Waals surface area contributed by atoms with Gasteiger partial charge in [0.15, 0.2) is 0 Å². The number of nitrogens with zero attached hydrogens (tertiary/aromatic N) is 1. The monoisotopic (exact) mass is 212 g/mol. The van der Waals surface area contributed by atoms with E-state index in [9.17, 15) is 4.39 Å². The molecule has 3 nitrogen and oxygen atoms in total. The van der Waals surface area contributed by atoms with E-state index in [4.69, 9.17) is 5.11 Å². The van der Waals surface area contributed by atoms with E-state index >= 15 is 0 Å². The molecular formula is C11H17FN2O. The SMILES string of the molecule is CNCc1ccc(N(C)CCO)c(F)c1. The van der Waals surface area contributed by atoms with Crippen LogP contribution in [-0.4, -0.2) is 32.4 Å². The van der Waals surface area contributed by atoms with E-state index in [1.807, 2.05) is 13.1 Å². The molecular weight excluding hydrogens is 195 g/mol. The summed E-state index contributed by atoms with van der Waals surface area (Å²) in [5.74, 6) is -0.251. The van der Waals surface area contributed by atoms with Crippen LogP contribution in [0.5, 0.6) is 0 Å². The highest BCUT2D eigenvalue weighted by molar-refractivity contribution is 5.48. The number of benzene rings is 1. The van der Waals surface area contributed by atoms with Crippen molar-refractivity contribution in [3.63, 3.8) is 0 Å². The van der Waals surface area contributed by atoms with Crippen molar-refractivity contribution in [2.75, 3.05) is 32.1 Å². The number of aliphatic hydroxyl groups is 1. The van der Waals surface area contributed by atoms with Gasteiger partial charge in [-0.05, 0) is 24.7 Å². The molecule has 0 aliphatic heterocycles. The highest BCUT2D eigenvalue weighted by Crippen LogP contribution is 2.19. The number of likely N-dealkylation sites (N-methyl/N-ethyl adjacent to an activating group) is 1. The van der Waals surface area contributed by atoms with Gasteiger partial charge in [0.05, 0.1) is 12.3 Å². The fourth-order valence-electron chi connectivity index (χ4n) is 1.44. The highest BCUT2D eigenvalue weighted by atomic mass is 19.1. The number of hydrogen-bond donors (Lipinski definition) is 2. The van der Waals surface area contributed by atoms with Gasteiger partial charge in [-0.2, -0.15) is 0 Å². The Balaban J connectivity index is 2.82. The van der Waals surface area contributed by atoms with Crippen molar-refractivity contribution < 1.29 is 9.50 Å². The van der Waals surface area contributed by atoms with E-state index in [2.05, 4.69) is 5.32 Å². The fourth-order valence-corrected chi connectivity index (χ4v) is 1.44. The number of aliphatic hydroxyl groups excluding tert-OH is 1. The van der Waals surface area contributed by atoms with Crippen LogP contribution in [0.25, 0.3) is 0 Å². The molecule has 0 aliphatic carbocycles. The molecule has 0 fully saturated rings. The van der Waals surface area contributed by atoms with Gasteiger partial charge < -0.3 is 15.3 Å². The van der Waals surface area contributed by atoms with Crippen LogP contribution in [0.1, 0.15) is 5.56 Å². The molecule has 84 valence electrons. The Morgan fingerprint density at radius 3 is 2.73 bits per heavy atom.